The lowest BCUT2D eigenvalue weighted by atomic mass is 9.84. The average Bonchev–Trinajstić information content (AvgIpc) is 2.85. The van der Waals surface area contributed by atoms with Crippen molar-refractivity contribution < 1.29 is 9.76 Å². The van der Waals surface area contributed by atoms with Gasteiger partial charge in [0.1, 0.15) is 0 Å². The van der Waals surface area contributed by atoms with Crippen molar-refractivity contribution in [2.75, 3.05) is 13.1 Å². The van der Waals surface area contributed by atoms with Crippen LogP contribution < -0.4 is 10.8 Å². The highest BCUT2D eigenvalue weighted by Gasteiger charge is 2.35. The van der Waals surface area contributed by atoms with E-state index in [4.69, 9.17) is 4.65 Å². The third-order valence-corrected chi connectivity index (χ3v) is 4.27. The lowest BCUT2D eigenvalue weighted by molar-refractivity contribution is -0.0893. The van der Waals surface area contributed by atoms with Gasteiger partial charge in [-0.1, -0.05) is 0 Å². The van der Waals surface area contributed by atoms with Crippen LogP contribution in [0.4, 0.5) is 0 Å². The molecule has 20 heavy (non-hydrogen) atoms. The summed E-state index contributed by atoms with van der Waals surface area (Å²) in [4.78, 5) is 0. The van der Waals surface area contributed by atoms with Crippen LogP contribution in [0.3, 0.4) is 0 Å². The van der Waals surface area contributed by atoms with Crippen molar-refractivity contribution in [1.82, 2.24) is 15.1 Å². The minimum Gasteiger partial charge on any atom is -0.427 e. The van der Waals surface area contributed by atoms with E-state index in [-0.39, 0.29) is 0 Å². The van der Waals surface area contributed by atoms with Crippen molar-refractivity contribution >= 4 is 12.9 Å². The molecule has 2 N–H and O–H groups in total. The first kappa shape index (κ1) is 15.5. The number of aliphatic hydroxyl groups is 1. The molecule has 1 aliphatic rings. The molecule has 0 aromatic carbocycles. The first-order chi connectivity index (χ1) is 9.29. The predicted molar refractivity (Wildman–Crippen MR) is 80.2 cm³/mol. The van der Waals surface area contributed by atoms with E-state index < -0.39 is 11.2 Å². The third kappa shape index (κ3) is 3.62. The number of aromatic nitrogens is 2. The fourth-order valence-electron chi connectivity index (χ4n) is 2.04. The molecule has 1 radical (unpaired) electrons. The van der Waals surface area contributed by atoms with Gasteiger partial charge in [-0.25, -0.2) is 0 Å². The third-order valence-electron chi connectivity index (χ3n) is 4.27. The van der Waals surface area contributed by atoms with Gasteiger partial charge in [-0.3, -0.25) is 4.68 Å². The Morgan fingerprint density at radius 1 is 1.35 bits per heavy atom. The number of hydrogen-bond acceptors (Lipinski definition) is 4. The molecule has 5 nitrogen and oxygen atoms in total. The van der Waals surface area contributed by atoms with Crippen LogP contribution in [0.1, 0.15) is 46.6 Å². The van der Waals surface area contributed by atoms with E-state index in [2.05, 4.69) is 10.4 Å². The normalized spacial score (nSPS) is 18.2. The Balaban J connectivity index is 1.93. The number of nitrogens with zero attached hydrogens (tertiary/aromatic N) is 2. The van der Waals surface area contributed by atoms with Crippen LogP contribution in [0, 0.1) is 0 Å². The second kappa shape index (κ2) is 5.88. The molecule has 1 saturated heterocycles. The van der Waals surface area contributed by atoms with Gasteiger partial charge in [0, 0.05) is 12.4 Å². The molecule has 2 rings (SSSR count). The summed E-state index contributed by atoms with van der Waals surface area (Å²) in [5.41, 5.74) is -0.626. The second-order valence-electron chi connectivity index (χ2n) is 6.54. The van der Waals surface area contributed by atoms with Crippen molar-refractivity contribution in [3.8, 4) is 0 Å². The number of rotatable bonds is 5. The van der Waals surface area contributed by atoms with Gasteiger partial charge < -0.3 is 15.1 Å². The topological polar surface area (TPSA) is 59.3 Å². The molecule has 6 heteroatoms. The van der Waals surface area contributed by atoms with Crippen molar-refractivity contribution in [2.24, 2.45) is 0 Å². The Labute approximate surface area is 122 Å². The summed E-state index contributed by atoms with van der Waals surface area (Å²) < 4.78 is 7.76. The molecule has 1 aliphatic heterocycles. The molecule has 1 fully saturated rings. The van der Waals surface area contributed by atoms with Gasteiger partial charge in [-0.2, -0.15) is 5.10 Å². The molecule has 0 atom stereocenters. The van der Waals surface area contributed by atoms with Gasteiger partial charge in [-0.05, 0) is 59.1 Å². The van der Waals surface area contributed by atoms with Gasteiger partial charge in [-0.15, -0.1) is 0 Å². The van der Waals surface area contributed by atoms with Crippen LogP contribution in [0.15, 0.2) is 12.4 Å². The fourth-order valence-corrected chi connectivity index (χ4v) is 2.04. The zero-order valence-electron chi connectivity index (χ0n) is 12.9. The van der Waals surface area contributed by atoms with Crippen LogP contribution in [0.2, 0.25) is 0 Å². The Kier molecular flexibility index (Phi) is 4.57. The Hall–Kier alpha value is -0.845. The minimum atomic E-state index is -0.908. The summed E-state index contributed by atoms with van der Waals surface area (Å²) in [6, 6.07) is 0.473. The van der Waals surface area contributed by atoms with Gasteiger partial charge in [0.2, 0.25) is 0 Å². The smallest absolute Gasteiger partial charge is 0.334 e. The highest BCUT2D eigenvalue weighted by atomic mass is 16.5. The molecule has 0 bridgehead atoms. The fraction of sp³-hybridized carbons (Fsp3) is 0.786. The summed E-state index contributed by atoms with van der Waals surface area (Å²) in [6.45, 7) is 9.34. The molecular weight excluding hydrogens is 253 g/mol. The summed E-state index contributed by atoms with van der Waals surface area (Å²) in [5, 5.41) is 17.8. The van der Waals surface area contributed by atoms with E-state index in [1.54, 1.807) is 21.3 Å². The van der Waals surface area contributed by atoms with Crippen LogP contribution >= 0.6 is 0 Å². The average molecular weight is 278 g/mol. The van der Waals surface area contributed by atoms with E-state index in [1.165, 1.54) is 0 Å². The van der Waals surface area contributed by atoms with Crippen LogP contribution in [0.5, 0.6) is 0 Å². The molecule has 1 aromatic rings. The maximum Gasteiger partial charge on any atom is 0.334 e. The van der Waals surface area contributed by atoms with Crippen LogP contribution in [-0.4, -0.2) is 46.7 Å². The quantitative estimate of drug-likeness (QED) is 0.775. The highest BCUT2D eigenvalue weighted by molar-refractivity contribution is 6.46. The maximum absolute atomic E-state index is 10.1. The van der Waals surface area contributed by atoms with Crippen LogP contribution in [0.25, 0.3) is 0 Å². The van der Waals surface area contributed by atoms with E-state index in [0.717, 1.165) is 31.4 Å². The van der Waals surface area contributed by atoms with Crippen LogP contribution in [-0.2, 0) is 4.65 Å². The number of nitrogens with one attached hydrogen (secondary N) is 1. The molecule has 0 amide bonds. The zero-order valence-corrected chi connectivity index (χ0v) is 12.9. The number of piperidine rings is 1. The predicted octanol–water partition coefficient (Wildman–Crippen LogP) is 0.618. The molecule has 0 saturated carbocycles. The highest BCUT2D eigenvalue weighted by Crippen LogP contribution is 2.24. The van der Waals surface area contributed by atoms with E-state index in [0.29, 0.717) is 6.04 Å². The van der Waals surface area contributed by atoms with E-state index in [1.807, 2.05) is 30.9 Å². The Morgan fingerprint density at radius 3 is 2.60 bits per heavy atom. The first-order valence-corrected chi connectivity index (χ1v) is 7.28. The van der Waals surface area contributed by atoms with E-state index in [9.17, 15) is 5.11 Å². The Morgan fingerprint density at radius 2 is 2.00 bits per heavy atom. The lowest BCUT2D eigenvalue weighted by Crippen LogP contribution is -2.49. The molecule has 0 spiro atoms. The lowest BCUT2D eigenvalue weighted by Gasteiger charge is -2.37. The molecule has 0 aliphatic carbocycles. The summed E-state index contributed by atoms with van der Waals surface area (Å²) in [6.07, 6.45) is 6.03. The van der Waals surface area contributed by atoms with Gasteiger partial charge in [0.05, 0.1) is 17.2 Å². The standard InChI is InChI=1S/C14H25BN3O2/c1-13(2,19)14(3,4)20-15-11-9-17-18(10-11)12-5-7-16-8-6-12/h9-10,12,16,19H,5-8H2,1-4H3. The molecule has 2 heterocycles. The zero-order chi connectivity index (χ0) is 14.8. The van der Waals surface area contributed by atoms with E-state index >= 15 is 0 Å². The Bertz CT molecular complexity index is 434. The summed E-state index contributed by atoms with van der Waals surface area (Å²) >= 11 is 0. The monoisotopic (exact) mass is 278 g/mol. The molecule has 111 valence electrons. The van der Waals surface area contributed by atoms with Crippen molar-refractivity contribution in [3.05, 3.63) is 12.4 Å². The molecular formula is C14H25BN3O2. The summed E-state index contributed by atoms with van der Waals surface area (Å²) in [5.74, 6) is 0. The SMILES string of the molecule is CC(C)(O)C(C)(C)O[B]c1cnn(C2CCNCC2)c1. The first-order valence-electron chi connectivity index (χ1n) is 7.28. The minimum absolute atomic E-state index is 0.473. The van der Waals surface area contributed by atoms with Crippen molar-refractivity contribution in [3.63, 3.8) is 0 Å². The van der Waals surface area contributed by atoms with Gasteiger partial charge in [0.25, 0.3) is 0 Å². The maximum atomic E-state index is 10.1. The number of hydrogen-bond donors (Lipinski definition) is 2. The largest absolute Gasteiger partial charge is 0.427 e. The second-order valence-corrected chi connectivity index (χ2v) is 6.54. The van der Waals surface area contributed by atoms with Crippen molar-refractivity contribution in [1.29, 1.82) is 0 Å². The molecule has 1 aromatic heterocycles. The van der Waals surface area contributed by atoms with Gasteiger partial charge in [0.15, 0.2) is 0 Å². The summed E-state index contributed by atoms with van der Waals surface area (Å²) in [7, 11) is 1.68. The van der Waals surface area contributed by atoms with Crippen molar-refractivity contribution in [2.45, 2.75) is 57.8 Å². The molecule has 0 unspecified atom stereocenters. The van der Waals surface area contributed by atoms with Gasteiger partial charge >= 0.3 is 7.48 Å².